The van der Waals surface area contributed by atoms with E-state index in [9.17, 15) is 18.0 Å². The smallest absolute Gasteiger partial charge is 0.338 e. The van der Waals surface area contributed by atoms with E-state index in [2.05, 4.69) is 0 Å². The molecule has 0 saturated carbocycles. The average molecular weight is 353 g/mol. The Morgan fingerprint density at radius 3 is 2.46 bits per heavy atom. The first kappa shape index (κ1) is 18.4. The number of rotatable bonds is 4. The lowest BCUT2D eigenvalue weighted by Gasteiger charge is -2.21. The first-order chi connectivity index (χ1) is 10.9. The zero-order valence-corrected chi connectivity index (χ0v) is 15.4. The highest BCUT2D eigenvalue weighted by Gasteiger charge is 2.33. The monoisotopic (exact) mass is 353 g/mol. The summed E-state index contributed by atoms with van der Waals surface area (Å²) in [5, 5.41) is 0. The van der Waals surface area contributed by atoms with Gasteiger partial charge in [0.15, 0.2) is 12.4 Å². The van der Waals surface area contributed by atoms with E-state index in [0.29, 0.717) is 17.7 Å². The van der Waals surface area contributed by atoms with Crippen molar-refractivity contribution in [2.75, 3.05) is 17.2 Å². The van der Waals surface area contributed by atoms with Gasteiger partial charge in [0.1, 0.15) is 0 Å². The molecule has 6 nitrogen and oxygen atoms in total. The van der Waals surface area contributed by atoms with Gasteiger partial charge < -0.3 is 4.74 Å². The van der Waals surface area contributed by atoms with Crippen LogP contribution in [0.2, 0.25) is 0 Å². The average Bonchev–Trinajstić information content (AvgIpc) is 2.77. The Bertz CT molecular complexity index is 777. The summed E-state index contributed by atoms with van der Waals surface area (Å²) in [7, 11) is -3.36. The molecule has 0 radical (unpaired) electrons. The summed E-state index contributed by atoms with van der Waals surface area (Å²) >= 11 is 0. The number of carbonyl (C=O) groups excluding carboxylic acids is 2. The predicted molar refractivity (Wildman–Crippen MR) is 91.7 cm³/mol. The maximum Gasteiger partial charge on any atom is 0.338 e. The minimum Gasteiger partial charge on any atom is -0.454 e. The quantitative estimate of drug-likeness (QED) is 0.775. The maximum absolute atomic E-state index is 12.1. The number of ether oxygens (including phenoxy) is 1. The first-order valence-electron chi connectivity index (χ1n) is 7.74. The van der Waals surface area contributed by atoms with Crippen LogP contribution in [0.25, 0.3) is 0 Å². The molecule has 1 heterocycles. The molecule has 1 aliphatic heterocycles. The molecule has 24 heavy (non-hydrogen) atoms. The Kier molecular flexibility index (Phi) is 4.77. The molecular weight excluding hydrogens is 330 g/mol. The summed E-state index contributed by atoms with van der Waals surface area (Å²) in [5.41, 5.74) is 1.12. The highest BCUT2D eigenvalue weighted by atomic mass is 32.2. The van der Waals surface area contributed by atoms with Crippen LogP contribution in [0.3, 0.4) is 0 Å². The van der Waals surface area contributed by atoms with Crippen LogP contribution >= 0.6 is 0 Å². The molecule has 1 aromatic carbocycles. The standard InChI is InChI=1S/C17H23NO5S/c1-11-8-13-9-12(6-7-14(13)18(11)24(5,21)22)16(20)23-10-15(19)17(2,3)4/h6-7,9,11H,8,10H2,1-5H3/t11-/m1/s1. The molecule has 0 amide bonds. The molecule has 0 bridgehead atoms. The molecule has 2 rings (SSSR count). The molecule has 0 aromatic heterocycles. The SMILES string of the molecule is C[C@@H]1Cc2cc(C(=O)OCC(=O)C(C)(C)C)ccc2N1S(C)(=O)=O. The van der Waals surface area contributed by atoms with Crippen molar-refractivity contribution in [1.82, 2.24) is 0 Å². The van der Waals surface area contributed by atoms with Gasteiger partial charge in [0.05, 0.1) is 17.5 Å². The first-order valence-corrected chi connectivity index (χ1v) is 9.59. The van der Waals surface area contributed by atoms with Crippen molar-refractivity contribution in [3.8, 4) is 0 Å². The number of Topliss-reactive ketones (excluding diaryl/α,β-unsaturated/α-hetero) is 1. The molecule has 0 saturated heterocycles. The van der Waals surface area contributed by atoms with Gasteiger partial charge in [0.2, 0.25) is 10.0 Å². The summed E-state index contributed by atoms with van der Waals surface area (Å²) in [5.74, 6) is -0.741. The minimum atomic E-state index is -3.36. The Morgan fingerprint density at radius 2 is 1.92 bits per heavy atom. The summed E-state index contributed by atoms with van der Waals surface area (Å²) in [6, 6.07) is 4.59. The number of anilines is 1. The van der Waals surface area contributed by atoms with Gasteiger partial charge in [-0.25, -0.2) is 13.2 Å². The zero-order chi connectivity index (χ0) is 18.3. The third kappa shape index (κ3) is 3.77. The molecular formula is C17H23NO5S. The highest BCUT2D eigenvalue weighted by Crippen LogP contribution is 2.34. The number of carbonyl (C=O) groups is 2. The van der Waals surface area contributed by atoms with E-state index < -0.39 is 21.4 Å². The van der Waals surface area contributed by atoms with Gasteiger partial charge in [-0.05, 0) is 37.1 Å². The molecule has 0 aliphatic carbocycles. The van der Waals surface area contributed by atoms with Crippen molar-refractivity contribution in [3.05, 3.63) is 29.3 Å². The van der Waals surface area contributed by atoms with Gasteiger partial charge in [-0.1, -0.05) is 20.8 Å². The number of fused-ring (bicyclic) bond motifs is 1. The van der Waals surface area contributed by atoms with Crippen molar-refractivity contribution >= 4 is 27.5 Å². The molecule has 0 fully saturated rings. The molecule has 0 spiro atoms. The number of nitrogens with zero attached hydrogens (tertiary/aromatic N) is 1. The normalized spacial score (nSPS) is 17.5. The van der Waals surface area contributed by atoms with Crippen molar-refractivity contribution < 1.29 is 22.7 Å². The highest BCUT2D eigenvalue weighted by molar-refractivity contribution is 7.92. The van der Waals surface area contributed by atoms with Crippen molar-refractivity contribution in [1.29, 1.82) is 0 Å². The molecule has 1 aromatic rings. The van der Waals surface area contributed by atoms with E-state index in [1.54, 1.807) is 32.9 Å². The Balaban J connectivity index is 2.17. The van der Waals surface area contributed by atoms with Crippen molar-refractivity contribution in [2.45, 2.75) is 40.2 Å². The Labute approximate surface area is 142 Å². The van der Waals surface area contributed by atoms with E-state index in [4.69, 9.17) is 4.74 Å². The lowest BCUT2D eigenvalue weighted by molar-refractivity contribution is -0.129. The fraction of sp³-hybridized carbons (Fsp3) is 0.529. The maximum atomic E-state index is 12.1. The van der Waals surface area contributed by atoms with Crippen LogP contribution in [-0.2, 0) is 26.0 Å². The van der Waals surface area contributed by atoms with E-state index >= 15 is 0 Å². The van der Waals surface area contributed by atoms with Gasteiger partial charge in [-0.15, -0.1) is 0 Å². The van der Waals surface area contributed by atoms with E-state index in [1.807, 2.05) is 6.92 Å². The topological polar surface area (TPSA) is 80.8 Å². The van der Waals surface area contributed by atoms with Gasteiger partial charge in [0, 0.05) is 11.5 Å². The van der Waals surface area contributed by atoms with Gasteiger partial charge >= 0.3 is 5.97 Å². The Hall–Kier alpha value is -1.89. The van der Waals surface area contributed by atoms with Crippen LogP contribution in [0, 0.1) is 5.41 Å². The fourth-order valence-electron chi connectivity index (χ4n) is 2.67. The number of ketones is 1. The lowest BCUT2D eigenvalue weighted by atomic mass is 9.91. The van der Waals surface area contributed by atoms with Crippen LogP contribution in [0.15, 0.2) is 18.2 Å². The molecule has 1 atom stereocenters. The third-order valence-corrected chi connectivity index (χ3v) is 5.27. The fourth-order valence-corrected chi connectivity index (χ4v) is 3.93. The lowest BCUT2D eigenvalue weighted by Crippen LogP contribution is -2.34. The molecule has 0 unspecified atom stereocenters. The molecule has 1 aliphatic rings. The molecule has 0 N–H and O–H groups in total. The number of sulfonamides is 1. The van der Waals surface area contributed by atoms with E-state index in [0.717, 1.165) is 5.56 Å². The zero-order valence-electron chi connectivity index (χ0n) is 14.6. The second-order valence-electron chi connectivity index (χ2n) is 7.20. The Morgan fingerprint density at radius 1 is 1.29 bits per heavy atom. The number of esters is 1. The van der Waals surface area contributed by atoms with Crippen molar-refractivity contribution in [3.63, 3.8) is 0 Å². The summed E-state index contributed by atoms with van der Waals surface area (Å²) < 4.78 is 30.2. The number of hydrogen-bond donors (Lipinski definition) is 0. The summed E-state index contributed by atoms with van der Waals surface area (Å²) in [4.78, 5) is 24.0. The third-order valence-electron chi connectivity index (χ3n) is 4.00. The van der Waals surface area contributed by atoms with Crippen LogP contribution in [-0.4, -0.2) is 39.1 Å². The number of benzene rings is 1. The summed E-state index contributed by atoms with van der Waals surface area (Å²) in [6.45, 7) is 6.84. The van der Waals surface area contributed by atoms with Crippen LogP contribution in [0.5, 0.6) is 0 Å². The van der Waals surface area contributed by atoms with Crippen LogP contribution in [0.4, 0.5) is 5.69 Å². The molecule has 7 heteroatoms. The largest absolute Gasteiger partial charge is 0.454 e. The number of hydrogen-bond acceptors (Lipinski definition) is 5. The van der Waals surface area contributed by atoms with Gasteiger partial charge in [0.25, 0.3) is 0 Å². The second-order valence-corrected chi connectivity index (χ2v) is 9.06. The van der Waals surface area contributed by atoms with Crippen LogP contribution < -0.4 is 4.31 Å². The van der Waals surface area contributed by atoms with Gasteiger partial charge in [-0.3, -0.25) is 9.10 Å². The van der Waals surface area contributed by atoms with E-state index in [1.165, 1.54) is 16.6 Å². The summed E-state index contributed by atoms with van der Waals surface area (Å²) in [6.07, 6.45) is 1.70. The van der Waals surface area contributed by atoms with Crippen LogP contribution in [0.1, 0.15) is 43.6 Å². The molecule has 132 valence electrons. The van der Waals surface area contributed by atoms with E-state index in [-0.39, 0.29) is 18.4 Å². The predicted octanol–water partition coefficient (Wildman–Crippen LogP) is 2.17. The minimum absolute atomic E-state index is 0.158. The van der Waals surface area contributed by atoms with Crippen molar-refractivity contribution in [2.24, 2.45) is 5.41 Å². The van der Waals surface area contributed by atoms with Gasteiger partial charge in [-0.2, -0.15) is 0 Å². The second kappa shape index (κ2) is 6.20.